The first kappa shape index (κ1) is 20.1. The van der Waals surface area contributed by atoms with Crippen molar-refractivity contribution in [2.75, 3.05) is 5.32 Å². The van der Waals surface area contributed by atoms with E-state index < -0.39 is 0 Å². The molecule has 1 aliphatic rings. The van der Waals surface area contributed by atoms with Gasteiger partial charge in [0.2, 0.25) is 17.4 Å². The summed E-state index contributed by atoms with van der Waals surface area (Å²) < 4.78 is 1.64. The molecule has 3 aromatic rings. The molecule has 4 rings (SSSR count). The Bertz CT molecular complexity index is 1080. The van der Waals surface area contributed by atoms with E-state index >= 15 is 0 Å². The van der Waals surface area contributed by atoms with Gasteiger partial charge < -0.3 is 15.6 Å². The zero-order chi connectivity index (χ0) is 21.1. The second-order valence-electron chi connectivity index (χ2n) is 7.37. The van der Waals surface area contributed by atoms with E-state index in [1.165, 1.54) is 6.07 Å². The number of rotatable bonds is 5. The van der Waals surface area contributed by atoms with Crippen LogP contribution >= 0.6 is 11.6 Å². The van der Waals surface area contributed by atoms with Crippen LogP contribution in [0.15, 0.2) is 41.7 Å². The lowest BCUT2D eigenvalue weighted by molar-refractivity contribution is -0.119. The second-order valence-corrected chi connectivity index (χ2v) is 7.78. The van der Waals surface area contributed by atoms with E-state index in [-0.39, 0.29) is 23.6 Å². The van der Waals surface area contributed by atoms with Gasteiger partial charge in [-0.05, 0) is 31.7 Å². The Kier molecular flexibility index (Phi) is 5.80. The summed E-state index contributed by atoms with van der Waals surface area (Å²) in [6.07, 6.45) is 10.3. The number of halogens is 1. The molecule has 0 atom stereocenters. The van der Waals surface area contributed by atoms with Gasteiger partial charge in [-0.3, -0.25) is 9.59 Å². The van der Waals surface area contributed by atoms with Gasteiger partial charge in [-0.2, -0.15) is 5.10 Å². The summed E-state index contributed by atoms with van der Waals surface area (Å²) in [6.45, 7) is 1.55. The molecule has 0 radical (unpaired) electrons. The molecular weight excluding hydrogens is 406 g/mol. The van der Waals surface area contributed by atoms with E-state index in [1.807, 2.05) is 0 Å². The SMILES string of the molecule is CC(=O)N[C@H]1CC[C@H](Nc2ncc(Cl)c(-c3cnn(-c4ccc(=O)[nH]c4)c3)n2)CC1. The first-order valence-electron chi connectivity index (χ1n) is 9.78. The van der Waals surface area contributed by atoms with Crippen molar-refractivity contribution in [3.05, 3.63) is 52.3 Å². The van der Waals surface area contributed by atoms with Crippen molar-refractivity contribution < 1.29 is 4.79 Å². The number of pyridine rings is 1. The van der Waals surface area contributed by atoms with Crippen molar-refractivity contribution >= 4 is 23.5 Å². The lowest BCUT2D eigenvalue weighted by Crippen LogP contribution is -2.39. The van der Waals surface area contributed by atoms with Gasteiger partial charge in [-0.1, -0.05) is 11.6 Å². The number of H-pyrrole nitrogens is 1. The van der Waals surface area contributed by atoms with E-state index in [1.54, 1.807) is 42.5 Å². The summed E-state index contributed by atoms with van der Waals surface area (Å²) >= 11 is 6.34. The van der Waals surface area contributed by atoms with Gasteiger partial charge in [0.25, 0.3) is 0 Å². The highest BCUT2D eigenvalue weighted by Crippen LogP contribution is 2.28. The summed E-state index contributed by atoms with van der Waals surface area (Å²) in [5.41, 5.74) is 1.87. The average molecular weight is 428 g/mol. The molecule has 0 spiro atoms. The monoisotopic (exact) mass is 427 g/mol. The van der Waals surface area contributed by atoms with Gasteiger partial charge in [0.05, 0.1) is 28.8 Å². The van der Waals surface area contributed by atoms with Crippen molar-refractivity contribution in [2.24, 2.45) is 0 Å². The lowest BCUT2D eigenvalue weighted by atomic mass is 9.91. The minimum Gasteiger partial charge on any atom is -0.354 e. The summed E-state index contributed by atoms with van der Waals surface area (Å²) in [5.74, 6) is 0.522. The van der Waals surface area contributed by atoms with Crippen molar-refractivity contribution in [1.82, 2.24) is 30.0 Å². The Morgan fingerprint density at radius 2 is 1.97 bits per heavy atom. The molecule has 0 aromatic carbocycles. The van der Waals surface area contributed by atoms with Crippen molar-refractivity contribution in [3.8, 4) is 16.9 Å². The number of hydrogen-bond acceptors (Lipinski definition) is 6. The number of hydrogen-bond donors (Lipinski definition) is 3. The fourth-order valence-electron chi connectivity index (χ4n) is 3.62. The van der Waals surface area contributed by atoms with Crippen LogP contribution in [0.3, 0.4) is 0 Å². The van der Waals surface area contributed by atoms with E-state index in [0.29, 0.717) is 16.7 Å². The topological polar surface area (TPSA) is 118 Å². The van der Waals surface area contributed by atoms with Crippen molar-refractivity contribution in [3.63, 3.8) is 0 Å². The Morgan fingerprint density at radius 3 is 2.67 bits per heavy atom. The highest BCUT2D eigenvalue weighted by molar-refractivity contribution is 6.32. The Balaban J connectivity index is 1.47. The molecule has 1 aliphatic carbocycles. The smallest absolute Gasteiger partial charge is 0.248 e. The summed E-state index contributed by atoms with van der Waals surface area (Å²) in [7, 11) is 0. The number of amides is 1. The number of carbonyl (C=O) groups excluding carboxylic acids is 1. The van der Waals surface area contributed by atoms with E-state index in [4.69, 9.17) is 11.6 Å². The van der Waals surface area contributed by atoms with Crippen LogP contribution < -0.4 is 16.2 Å². The number of nitrogens with zero attached hydrogens (tertiary/aromatic N) is 4. The molecule has 0 unspecified atom stereocenters. The van der Waals surface area contributed by atoms with Gasteiger partial charge in [-0.25, -0.2) is 14.6 Å². The van der Waals surface area contributed by atoms with Crippen LogP contribution in [0, 0.1) is 0 Å². The first-order chi connectivity index (χ1) is 14.5. The van der Waals surface area contributed by atoms with Crippen LogP contribution in [-0.2, 0) is 4.79 Å². The molecule has 30 heavy (non-hydrogen) atoms. The van der Waals surface area contributed by atoms with Crippen molar-refractivity contribution in [2.45, 2.75) is 44.7 Å². The van der Waals surface area contributed by atoms with Crippen LogP contribution in [-0.4, -0.2) is 42.7 Å². The minimum atomic E-state index is -0.174. The summed E-state index contributed by atoms with van der Waals surface area (Å²) in [6, 6.07) is 3.60. The Morgan fingerprint density at radius 1 is 1.20 bits per heavy atom. The number of carbonyl (C=O) groups is 1. The molecule has 1 saturated carbocycles. The molecule has 0 bridgehead atoms. The maximum absolute atomic E-state index is 11.2. The Hall–Kier alpha value is -3.20. The molecule has 9 nitrogen and oxygen atoms in total. The van der Waals surface area contributed by atoms with Crippen LogP contribution in [0.5, 0.6) is 0 Å². The quantitative estimate of drug-likeness (QED) is 0.576. The zero-order valence-corrected chi connectivity index (χ0v) is 17.2. The molecule has 0 aliphatic heterocycles. The maximum Gasteiger partial charge on any atom is 0.248 e. The minimum absolute atomic E-state index is 0.0134. The van der Waals surface area contributed by atoms with E-state index in [0.717, 1.165) is 36.9 Å². The van der Waals surface area contributed by atoms with Gasteiger partial charge in [0.15, 0.2) is 0 Å². The lowest BCUT2D eigenvalue weighted by Gasteiger charge is -2.29. The van der Waals surface area contributed by atoms with Gasteiger partial charge in [0.1, 0.15) is 0 Å². The molecule has 3 N–H and O–H groups in total. The van der Waals surface area contributed by atoms with E-state index in [2.05, 4.69) is 30.7 Å². The molecule has 10 heteroatoms. The predicted octanol–water partition coefficient (Wildman–Crippen LogP) is 2.53. The molecule has 3 aromatic heterocycles. The van der Waals surface area contributed by atoms with Gasteiger partial charge >= 0.3 is 0 Å². The van der Waals surface area contributed by atoms with Gasteiger partial charge in [-0.15, -0.1) is 0 Å². The van der Waals surface area contributed by atoms with Crippen molar-refractivity contribution in [1.29, 1.82) is 0 Å². The molecular formula is C20H22ClN7O2. The molecule has 3 heterocycles. The zero-order valence-electron chi connectivity index (χ0n) is 16.4. The third-order valence-electron chi connectivity index (χ3n) is 5.10. The standard InChI is InChI=1S/C20H22ClN7O2/c1-12(29)25-14-2-4-15(5-3-14)26-20-23-10-17(21)19(27-20)13-8-24-28(11-13)16-6-7-18(30)22-9-16/h6-11,14-15H,2-5H2,1H3,(H,22,30)(H,25,29)(H,23,26,27)/t14-,15-. The molecule has 0 saturated heterocycles. The number of aromatic nitrogens is 5. The predicted molar refractivity (Wildman–Crippen MR) is 114 cm³/mol. The average Bonchev–Trinajstić information content (AvgIpc) is 3.21. The molecule has 1 fully saturated rings. The normalized spacial score (nSPS) is 18.7. The first-order valence-corrected chi connectivity index (χ1v) is 10.2. The number of aromatic amines is 1. The highest BCUT2D eigenvalue weighted by atomic mass is 35.5. The maximum atomic E-state index is 11.2. The van der Waals surface area contributed by atoms with Crippen LogP contribution in [0.1, 0.15) is 32.6 Å². The fraction of sp³-hybridized carbons (Fsp3) is 0.350. The summed E-state index contributed by atoms with van der Waals surface area (Å²) in [4.78, 5) is 34.0. The Labute approximate surface area is 177 Å². The number of nitrogens with one attached hydrogen (secondary N) is 3. The number of anilines is 1. The summed E-state index contributed by atoms with van der Waals surface area (Å²) in [5, 5.41) is 11.1. The third kappa shape index (κ3) is 4.68. The molecule has 1 amide bonds. The third-order valence-corrected chi connectivity index (χ3v) is 5.38. The largest absolute Gasteiger partial charge is 0.354 e. The van der Waals surface area contributed by atoms with Crippen LogP contribution in [0.25, 0.3) is 16.9 Å². The highest BCUT2D eigenvalue weighted by Gasteiger charge is 2.22. The van der Waals surface area contributed by atoms with Gasteiger partial charge in [0, 0.05) is 43.0 Å². The molecule has 156 valence electrons. The second kappa shape index (κ2) is 8.66. The van der Waals surface area contributed by atoms with Crippen LogP contribution in [0.4, 0.5) is 5.95 Å². The van der Waals surface area contributed by atoms with Crippen LogP contribution in [0.2, 0.25) is 5.02 Å². The van der Waals surface area contributed by atoms with E-state index in [9.17, 15) is 9.59 Å². The fourth-order valence-corrected chi connectivity index (χ4v) is 3.82.